The van der Waals surface area contributed by atoms with Gasteiger partial charge in [-0.05, 0) is 209 Å². The van der Waals surface area contributed by atoms with Gasteiger partial charge in [-0.25, -0.2) is 15.0 Å². The molecular weight excluding hydrogens is 1270 g/mol. The summed E-state index contributed by atoms with van der Waals surface area (Å²) in [5.41, 5.74) is 28.1. The number of fused-ring (bicyclic) bond motifs is 13. The van der Waals surface area contributed by atoms with E-state index in [1.165, 1.54) is 100 Å². The van der Waals surface area contributed by atoms with Gasteiger partial charge < -0.3 is 26.0 Å². The molecule has 19 rings (SSSR count). The maximum Gasteiger partial charge on any atom is 0.131 e. The van der Waals surface area contributed by atoms with Gasteiger partial charge in [-0.15, -0.1) is 0 Å². The summed E-state index contributed by atoms with van der Waals surface area (Å²) < 4.78 is 5.08. The van der Waals surface area contributed by atoms with Crippen LogP contribution in [-0.2, 0) is 10.8 Å². The van der Waals surface area contributed by atoms with Crippen LogP contribution in [0.4, 0.5) is 45.9 Å². The third-order valence-electron chi connectivity index (χ3n) is 19.6. The van der Waals surface area contributed by atoms with Crippen LogP contribution < -0.4 is 26.0 Å². The largest absolute Gasteiger partial charge is 0.497 e. The standard InChI is InChI=1S/C37H25N.C37H27N.C12H12N2O.C10H9N3/c1-2-10-25(11-3-1)26-18-20-27(21-19-26)38-28-22-23-32-31-14-6-9-17-35(31)37(36(32)24-28)33-15-7-4-12-29(33)30-13-5-8-16-34(30)37;1-4-12-27(13-5-1)28-20-22-31(23-21-28)38-32-24-25-34-33-18-10-11-19-35(33)37(36(34)26-32,29-14-6-2-7-15-29)30-16-8-3-9-17-30;1-15-11-7-5-10(6-8-11)14-12-4-2-3-9-13-12;1-3-7-11-9(5-1)13-10-6-2-4-8-12-10/h1-24,38H;1-26,38H;2-9H,1H3,(H,13,14);1-8H,(H,11,12,13). The highest BCUT2D eigenvalue weighted by molar-refractivity contribution is 5.96. The van der Waals surface area contributed by atoms with E-state index in [0.29, 0.717) is 0 Å². The van der Waals surface area contributed by atoms with Crippen LogP contribution in [-0.4, -0.2) is 22.1 Å². The van der Waals surface area contributed by atoms with E-state index in [2.05, 4.69) is 340 Å². The first-order valence-corrected chi connectivity index (χ1v) is 35.1. The number of aromatic nitrogens is 3. The average molecular weight is 1340 g/mol. The molecule has 0 unspecified atom stereocenters. The molecule has 13 aromatic carbocycles. The molecule has 0 atom stereocenters. The summed E-state index contributed by atoms with van der Waals surface area (Å²) in [6, 6.07) is 135. The summed E-state index contributed by atoms with van der Waals surface area (Å²) >= 11 is 0. The number of anilines is 8. The number of nitrogens with one attached hydrogen (secondary N) is 4. The predicted octanol–water partition coefficient (Wildman–Crippen LogP) is 24.0. The Kier molecular flexibility index (Phi) is 18.5. The number of methoxy groups -OCH3 is 1. The molecule has 4 N–H and O–H groups in total. The molecule has 0 bridgehead atoms. The summed E-state index contributed by atoms with van der Waals surface area (Å²) in [5.74, 6) is 3.30. The number of rotatable bonds is 13. The Morgan fingerprint density at radius 1 is 0.221 bits per heavy atom. The van der Waals surface area contributed by atoms with Crippen LogP contribution in [0.25, 0.3) is 55.6 Å². The lowest BCUT2D eigenvalue weighted by Gasteiger charge is -2.34. The highest BCUT2D eigenvalue weighted by Gasteiger charge is 2.52. The van der Waals surface area contributed by atoms with Crippen LogP contribution in [0, 0.1) is 0 Å². The lowest BCUT2D eigenvalue weighted by atomic mass is 9.67. The van der Waals surface area contributed by atoms with E-state index in [1.54, 1.807) is 25.7 Å². The monoisotopic (exact) mass is 1340 g/mol. The van der Waals surface area contributed by atoms with E-state index in [-0.39, 0.29) is 10.8 Å². The first-order valence-electron chi connectivity index (χ1n) is 35.1. The maximum absolute atomic E-state index is 5.08. The highest BCUT2D eigenvalue weighted by Crippen LogP contribution is 2.63. The molecular formula is C96H73N7O. The van der Waals surface area contributed by atoms with Crippen molar-refractivity contribution in [2.45, 2.75) is 10.8 Å². The molecule has 0 radical (unpaired) electrons. The van der Waals surface area contributed by atoms with Gasteiger partial charge >= 0.3 is 0 Å². The summed E-state index contributed by atoms with van der Waals surface area (Å²) in [7, 11) is 1.65. The summed E-state index contributed by atoms with van der Waals surface area (Å²) in [5, 5.41) is 13.6. The molecule has 0 saturated heterocycles. The van der Waals surface area contributed by atoms with Gasteiger partial charge in [0.05, 0.1) is 17.9 Å². The Labute approximate surface area is 607 Å². The second-order valence-electron chi connectivity index (χ2n) is 25.7. The number of pyridine rings is 3. The van der Waals surface area contributed by atoms with Gasteiger partial charge in [-0.3, -0.25) is 0 Å². The zero-order valence-corrected chi connectivity index (χ0v) is 57.4. The Hall–Kier alpha value is -13.7. The minimum atomic E-state index is -0.386. The first-order chi connectivity index (χ1) is 51.5. The smallest absolute Gasteiger partial charge is 0.131 e. The summed E-state index contributed by atoms with van der Waals surface area (Å²) in [4.78, 5) is 12.4. The SMILES string of the molecule is COc1ccc(Nc2ccccn2)cc1.c1ccc(-c2ccc(Nc3ccc4c(c3)C(c3ccccc3)(c3ccccc3)c3ccccc3-4)cc2)cc1.c1ccc(-c2ccc(Nc3ccc4c(c3)C3(c5ccccc5-c5ccccc53)c3ccccc3-4)cc2)cc1.c1ccc(Nc2ccccn2)nc1. The fourth-order valence-electron chi connectivity index (χ4n) is 15.0. The Balaban J connectivity index is 0.000000118. The van der Waals surface area contributed by atoms with Crippen molar-refractivity contribution in [1.82, 2.24) is 15.0 Å². The quantitative estimate of drug-likeness (QED) is 0.0907. The Bertz CT molecular complexity index is 5230. The second-order valence-corrected chi connectivity index (χ2v) is 25.7. The van der Waals surface area contributed by atoms with E-state index in [1.807, 2.05) is 78.9 Å². The van der Waals surface area contributed by atoms with Gasteiger partial charge in [0.2, 0.25) is 0 Å². The molecule has 0 aliphatic heterocycles. The van der Waals surface area contributed by atoms with Crippen LogP contribution in [0.15, 0.2) is 401 Å². The topological polar surface area (TPSA) is 96.0 Å². The molecule has 8 heteroatoms. The van der Waals surface area contributed by atoms with E-state index in [0.717, 1.165) is 51.6 Å². The number of nitrogens with zero attached hydrogens (tertiary/aromatic N) is 3. The Morgan fingerprint density at radius 2 is 0.510 bits per heavy atom. The van der Waals surface area contributed by atoms with Crippen molar-refractivity contribution in [3.05, 3.63) is 445 Å². The van der Waals surface area contributed by atoms with Crippen molar-refractivity contribution in [3.8, 4) is 61.4 Å². The fourth-order valence-corrected chi connectivity index (χ4v) is 15.0. The van der Waals surface area contributed by atoms with Gasteiger partial charge in [-0.1, -0.05) is 273 Å². The Morgan fingerprint density at radius 3 is 0.885 bits per heavy atom. The third kappa shape index (κ3) is 12.9. The van der Waals surface area contributed by atoms with Crippen molar-refractivity contribution in [2.75, 3.05) is 28.4 Å². The van der Waals surface area contributed by atoms with Crippen LogP contribution in [0.1, 0.15) is 44.5 Å². The van der Waals surface area contributed by atoms with Crippen molar-refractivity contribution < 1.29 is 4.74 Å². The van der Waals surface area contributed by atoms with Crippen molar-refractivity contribution in [2.24, 2.45) is 0 Å². The van der Waals surface area contributed by atoms with Crippen LogP contribution in [0.2, 0.25) is 0 Å². The lowest BCUT2D eigenvalue weighted by molar-refractivity contribution is 0.415. The summed E-state index contributed by atoms with van der Waals surface area (Å²) in [6.45, 7) is 0. The van der Waals surface area contributed by atoms with E-state index in [4.69, 9.17) is 4.74 Å². The zero-order chi connectivity index (χ0) is 69.9. The van der Waals surface area contributed by atoms with Gasteiger partial charge in [-0.2, -0.15) is 0 Å². The number of hydrogen-bond acceptors (Lipinski definition) is 8. The molecule has 1 spiro atoms. The second kappa shape index (κ2) is 29.6. The van der Waals surface area contributed by atoms with Gasteiger partial charge in [0.25, 0.3) is 0 Å². The molecule has 0 fully saturated rings. The number of hydrogen-bond donors (Lipinski definition) is 4. The molecule has 498 valence electrons. The van der Waals surface area contributed by atoms with Crippen molar-refractivity contribution >= 4 is 45.9 Å². The van der Waals surface area contributed by atoms with Crippen molar-refractivity contribution in [3.63, 3.8) is 0 Å². The average Bonchev–Trinajstić information content (AvgIpc) is 1.52. The predicted molar refractivity (Wildman–Crippen MR) is 429 cm³/mol. The van der Waals surface area contributed by atoms with Gasteiger partial charge in [0.15, 0.2) is 0 Å². The normalized spacial score (nSPS) is 12.2. The minimum absolute atomic E-state index is 0.312. The molecule has 3 heterocycles. The molecule has 3 aliphatic carbocycles. The summed E-state index contributed by atoms with van der Waals surface area (Å²) in [6.07, 6.45) is 5.24. The molecule has 104 heavy (non-hydrogen) atoms. The molecule has 0 saturated carbocycles. The van der Waals surface area contributed by atoms with Crippen LogP contribution in [0.3, 0.4) is 0 Å². The molecule has 8 nitrogen and oxygen atoms in total. The van der Waals surface area contributed by atoms with Crippen molar-refractivity contribution in [1.29, 1.82) is 0 Å². The number of ether oxygens (including phenoxy) is 1. The van der Waals surface area contributed by atoms with Crippen LogP contribution >= 0.6 is 0 Å². The van der Waals surface area contributed by atoms with E-state index >= 15 is 0 Å². The lowest BCUT2D eigenvalue weighted by Crippen LogP contribution is -2.28. The van der Waals surface area contributed by atoms with E-state index < -0.39 is 0 Å². The molecule has 3 aliphatic rings. The van der Waals surface area contributed by atoms with Gasteiger partial charge in [0, 0.05) is 47.0 Å². The molecule has 0 amide bonds. The third-order valence-corrected chi connectivity index (χ3v) is 19.6. The highest BCUT2D eigenvalue weighted by atomic mass is 16.5. The number of benzene rings is 13. The van der Waals surface area contributed by atoms with Crippen LogP contribution in [0.5, 0.6) is 5.75 Å². The first kappa shape index (κ1) is 65.0. The fraction of sp³-hybridized carbons (Fsp3) is 0.0312. The molecule has 3 aromatic heterocycles. The maximum atomic E-state index is 5.08. The molecule has 16 aromatic rings. The zero-order valence-electron chi connectivity index (χ0n) is 57.4. The minimum Gasteiger partial charge on any atom is -0.497 e. The van der Waals surface area contributed by atoms with E-state index in [9.17, 15) is 0 Å². The van der Waals surface area contributed by atoms with Gasteiger partial charge in [0.1, 0.15) is 23.2 Å².